The van der Waals surface area contributed by atoms with E-state index >= 15 is 0 Å². The molecule has 1 amide bonds. The fourth-order valence-electron chi connectivity index (χ4n) is 2.40. The minimum absolute atomic E-state index is 0. The maximum Gasteiger partial charge on any atom is 0.283 e. The smallest absolute Gasteiger partial charge is 0.283 e. The molecule has 1 N–H and O–H groups in total. The van der Waals surface area contributed by atoms with Crippen LogP contribution in [-0.2, 0) is 0 Å². The van der Waals surface area contributed by atoms with Crippen LogP contribution in [0.15, 0.2) is 18.2 Å². The first-order valence-electron chi connectivity index (χ1n) is 6.43. The molecule has 1 aliphatic heterocycles. The summed E-state index contributed by atoms with van der Waals surface area (Å²) in [5.74, 6) is -0.312. The standard InChI is InChI=1S/C13H16ClN3O3.ClH/c1-15-10-3-2-6-16(8-10)13(18)11-5-4-9(14)7-12(11)17(19)20;/h4-5,7,10,15H,2-3,6,8H2,1H3;1H. The summed E-state index contributed by atoms with van der Waals surface area (Å²) in [6.07, 6.45) is 1.89. The van der Waals surface area contributed by atoms with Gasteiger partial charge in [-0.25, -0.2) is 0 Å². The topological polar surface area (TPSA) is 75.5 Å². The van der Waals surface area contributed by atoms with E-state index in [0.29, 0.717) is 13.1 Å². The van der Waals surface area contributed by atoms with Crippen LogP contribution in [0.3, 0.4) is 0 Å². The molecule has 0 radical (unpaired) electrons. The van der Waals surface area contributed by atoms with Crippen molar-refractivity contribution in [1.29, 1.82) is 0 Å². The van der Waals surface area contributed by atoms with Crippen molar-refractivity contribution in [3.8, 4) is 0 Å². The van der Waals surface area contributed by atoms with Crippen molar-refractivity contribution in [2.24, 2.45) is 0 Å². The quantitative estimate of drug-likeness (QED) is 0.681. The second-order valence-corrected chi connectivity index (χ2v) is 5.23. The van der Waals surface area contributed by atoms with Gasteiger partial charge in [-0.1, -0.05) is 11.6 Å². The molecule has 1 fully saturated rings. The van der Waals surface area contributed by atoms with Gasteiger partial charge in [0.05, 0.1) is 4.92 Å². The summed E-state index contributed by atoms with van der Waals surface area (Å²) < 4.78 is 0. The molecular weight excluding hydrogens is 317 g/mol. The molecular formula is C13H17Cl2N3O3. The van der Waals surface area contributed by atoms with Gasteiger partial charge in [0.2, 0.25) is 0 Å². The highest BCUT2D eigenvalue weighted by atomic mass is 35.5. The third-order valence-electron chi connectivity index (χ3n) is 3.50. The number of carbonyl (C=O) groups is 1. The molecule has 1 aromatic carbocycles. The van der Waals surface area contributed by atoms with Gasteiger partial charge in [0.25, 0.3) is 11.6 Å². The minimum Gasteiger partial charge on any atom is -0.337 e. The number of likely N-dealkylation sites (N-methyl/N-ethyl adjacent to an activating group) is 1. The number of carbonyl (C=O) groups excluding carboxylic acids is 1. The molecule has 0 spiro atoms. The monoisotopic (exact) mass is 333 g/mol. The number of nitro benzene ring substituents is 1. The van der Waals surface area contributed by atoms with E-state index in [1.807, 2.05) is 7.05 Å². The van der Waals surface area contributed by atoms with Crippen molar-refractivity contribution in [2.75, 3.05) is 20.1 Å². The first kappa shape index (κ1) is 17.7. The molecule has 0 aliphatic carbocycles. The lowest BCUT2D eigenvalue weighted by Gasteiger charge is -2.32. The summed E-state index contributed by atoms with van der Waals surface area (Å²) in [7, 11) is 1.85. The van der Waals surface area contributed by atoms with Gasteiger partial charge in [0, 0.05) is 30.2 Å². The van der Waals surface area contributed by atoms with Crippen molar-refractivity contribution < 1.29 is 9.72 Å². The Morgan fingerprint density at radius 1 is 1.52 bits per heavy atom. The molecule has 1 saturated heterocycles. The Morgan fingerprint density at radius 3 is 2.86 bits per heavy atom. The van der Waals surface area contributed by atoms with E-state index < -0.39 is 4.92 Å². The number of rotatable bonds is 3. The molecule has 0 aromatic heterocycles. The zero-order chi connectivity index (χ0) is 14.7. The van der Waals surface area contributed by atoms with Crippen molar-refractivity contribution in [2.45, 2.75) is 18.9 Å². The highest BCUT2D eigenvalue weighted by molar-refractivity contribution is 6.31. The van der Waals surface area contributed by atoms with Gasteiger partial charge in [-0.05, 0) is 32.0 Å². The van der Waals surface area contributed by atoms with E-state index in [0.717, 1.165) is 12.8 Å². The number of hydrogen-bond acceptors (Lipinski definition) is 4. The minimum atomic E-state index is -0.571. The summed E-state index contributed by atoms with van der Waals surface area (Å²) in [5.41, 5.74) is -0.148. The largest absolute Gasteiger partial charge is 0.337 e. The van der Waals surface area contributed by atoms with Crippen molar-refractivity contribution >= 4 is 35.6 Å². The lowest BCUT2D eigenvalue weighted by atomic mass is 10.0. The van der Waals surface area contributed by atoms with Crippen molar-refractivity contribution in [3.05, 3.63) is 38.9 Å². The number of hydrogen-bond donors (Lipinski definition) is 1. The average Bonchev–Trinajstić information content (AvgIpc) is 2.46. The van der Waals surface area contributed by atoms with Crippen LogP contribution in [0.4, 0.5) is 5.69 Å². The number of piperidine rings is 1. The SMILES string of the molecule is CNC1CCCN(C(=O)c2ccc(Cl)cc2[N+](=O)[O-])C1.Cl. The van der Waals surface area contributed by atoms with E-state index in [1.165, 1.54) is 18.2 Å². The molecule has 2 rings (SSSR count). The zero-order valence-corrected chi connectivity index (χ0v) is 13.1. The second-order valence-electron chi connectivity index (χ2n) is 4.80. The number of amides is 1. The van der Waals surface area contributed by atoms with Gasteiger partial charge in [-0.15, -0.1) is 12.4 Å². The van der Waals surface area contributed by atoms with Crippen LogP contribution in [0.2, 0.25) is 5.02 Å². The third-order valence-corrected chi connectivity index (χ3v) is 3.74. The second kappa shape index (κ2) is 7.59. The molecule has 1 heterocycles. The van der Waals surface area contributed by atoms with Crippen LogP contribution in [0.5, 0.6) is 0 Å². The summed E-state index contributed by atoms with van der Waals surface area (Å²) in [6.45, 7) is 1.19. The molecule has 6 nitrogen and oxygen atoms in total. The molecule has 0 saturated carbocycles. The van der Waals surface area contributed by atoms with Gasteiger partial charge in [-0.2, -0.15) is 0 Å². The Kier molecular flexibility index (Phi) is 6.39. The summed E-state index contributed by atoms with van der Waals surface area (Å²) >= 11 is 5.76. The van der Waals surface area contributed by atoms with E-state index in [1.54, 1.807) is 4.90 Å². The number of nitro groups is 1. The maximum atomic E-state index is 12.4. The highest BCUT2D eigenvalue weighted by Gasteiger charge is 2.28. The number of halogens is 2. The molecule has 0 bridgehead atoms. The van der Waals surface area contributed by atoms with E-state index in [9.17, 15) is 14.9 Å². The van der Waals surface area contributed by atoms with Gasteiger partial charge in [0.1, 0.15) is 5.56 Å². The Bertz CT molecular complexity index is 539. The summed E-state index contributed by atoms with van der Waals surface area (Å²) in [5, 5.41) is 14.4. The van der Waals surface area contributed by atoms with E-state index in [2.05, 4.69) is 5.32 Å². The lowest BCUT2D eigenvalue weighted by molar-refractivity contribution is -0.385. The number of nitrogens with one attached hydrogen (secondary N) is 1. The molecule has 116 valence electrons. The molecule has 8 heteroatoms. The zero-order valence-electron chi connectivity index (χ0n) is 11.5. The van der Waals surface area contributed by atoms with Gasteiger partial charge in [0.15, 0.2) is 0 Å². The summed E-state index contributed by atoms with van der Waals surface area (Å²) in [6, 6.07) is 4.38. The summed E-state index contributed by atoms with van der Waals surface area (Å²) in [4.78, 5) is 24.6. The van der Waals surface area contributed by atoms with Crippen LogP contribution in [0.1, 0.15) is 23.2 Å². The first-order chi connectivity index (χ1) is 9.52. The van der Waals surface area contributed by atoms with Gasteiger partial charge >= 0.3 is 0 Å². The third kappa shape index (κ3) is 4.06. The Balaban J connectivity index is 0.00000220. The number of likely N-dealkylation sites (tertiary alicyclic amines) is 1. The normalized spacial score (nSPS) is 18.0. The Labute approximate surface area is 134 Å². The number of nitrogens with zero attached hydrogens (tertiary/aromatic N) is 2. The maximum absolute atomic E-state index is 12.4. The van der Waals surface area contributed by atoms with Gasteiger partial charge < -0.3 is 10.2 Å². The van der Waals surface area contributed by atoms with Crippen LogP contribution >= 0.6 is 24.0 Å². The Hall–Kier alpha value is -1.37. The predicted molar refractivity (Wildman–Crippen MR) is 83.3 cm³/mol. The number of benzene rings is 1. The van der Waals surface area contributed by atoms with Crippen LogP contribution in [-0.4, -0.2) is 41.9 Å². The van der Waals surface area contributed by atoms with Crippen molar-refractivity contribution in [1.82, 2.24) is 10.2 Å². The van der Waals surface area contributed by atoms with E-state index in [4.69, 9.17) is 11.6 Å². The van der Waals surface area contributed by atoms with E-state index in [-0.39, 0.29) is 40.6 Å². The highest BCUT2D eigenvalue weighted by Crippen LogP contribution is 2.25. The fourth-order valence-corrected chi connectivity index (χ4v) is 2.57. The molecule has 1 atom stereocenters. The molecule has 21 heavy (non-hydrogen) atoms. The Morgan fingerprint density at radius 2 is 2.24 bits per heavy atom. The first-order valence-corrected chi connectivity index (χ1v) is 6.81. The van der Waals surface area contributed by atoms with Crippen LogP contribution in [0, 0.1) is 10.1 Å². The molecule has 1 aliphatic rings. The van der Waals surface area contributed by atoms with Gasteiger partial charge in [-0.3, -0.25) is 14.9 Å². The molecule has 1 unspecified atom stereocenters. The van der Waals surface area contributed by atoms with Crippen molar-refractivity contribution in [3.63, 3.8) is 0 Å². The molecule has 1 aromatic rings. The lowest BCUT2D eigenvalue weighted by Crippen LogP contribution is -2.47. The predicted octanol–water partition coefficient (Wildman–Crippen LogP) is 2.49. The average molecular weight is 334 g/mol. The fraction of sp³-hybridized carbons (Fsp3) is 0.462. The van der Waals surface area contributed by atoms with Crippen LogP contribution < -0.4 is 5.32 Å². The van der Waals surface area contributed by atoms with Crippen LogP contribution in [0.25, 0.3) is 0 Å².